The van der Waals surface area contributed by atoms with Gasteiger partial charge in [-0.15, -0.1) is 0 Å². The summed E-state index contributed by atoms with van der Waals surface area (Å²) in [6.07, 6.45) is 9.81. The van der Waals surface area contributed by atoms with Crippen molar-refractivity contribution in [2.75, 3.05) is 11.1 Å². The average Bonchev–Trinajstić information content (AvgIpc) is 3.36. The SMILES string of the molecule is C=Cn1ccnc1C(CC1CCC1)=NCc1nc(N)c2c(n1)NC(=O)C2(C)c1ccc(Cl)cc1. The number of anilines is 2. The summed E-state index contributed by atoms with van der Waals surface area (Å²) in [5.41, 5.74) is 7.62. The molecule has 1 aromatic carbocycles. The number of carbonyl (C=O) groups is 1. The molecule has 2 aliphatic rings. The van der Waals surface area contributed by atoms with Crippen LogP contribution in [-0.2, 0) is 16.8 Å². The van der Waals surface area contributed by atoms with Crippen molar-refractivity contribution in [3.8, 4) is 0 Å². The van der Waals surface area contributed by atoms with Crippen LogP contribution >= 0.6 is 11.6 Å². The van der Waals surface area contributed by atoms with Crippen molar-refractivity contribution in [3.63, 3.8) is 0 Å². The molecule has 0 spiro atoms. The van der Waals surface area contributed by atoms with Crippen molar-refractivity contribution in [1.82, 2.24) is 19.5 Å². The number of nitrogen functional groups attached to an aromatic ring is 1. The molecule has 0 bridgehead atoms. The largest absolute Gasteiger partial charge is 0.383 e. The van der Waals surface area contributed by atoms with Gasteiger partial charge in [-0.3, -0.25) is 9.79 Å². The molecule has 174 valence electrons. The Morgan fingerprint density at radius 1 is 1.35 bits per heavy atom. The maximum atomic E-state index is 13.0. The molecule has 1 saturated carbocycles. The maximum absolute atomic E-state index is 13.0. The minimum atomic E-state index is -1.00. The predicted molar refractivity (Wildman–Crippen MR) is 134 cm³/mol. The lowest BCUT2D eigenvalue weighted by Crippen LogP contribution is -2.32. The Labute approximate surface area is 203 Å². The zero-order valence-corrected chi connectivity index (χ0v) is 19.7. The summed E-state index contributed by atoms with van der Waals surface area (Å²) in [6, 6.07) is 7.15. The minimum Gasteiger partial charge on any atom is -0.383 e. The van der Waals surface area contributed by atoms with Gasteiger partial charge in [0, 0.05) is 23.6 Å². The van der Waals surface area contributed by atoms with E-state index < -0.39 is 5.41 Å². The number of carbonyl (C=O) groups excluding carboxylic acids is 1. The molecule has 1 unspecified atom stereocenters. The average molecular weight is 476 g/mol. The molecule has 5 rings (SSSR count). The summed E-state index contributed by atoms with van der Waals surface area (Å²) in [4.78, 5) is 31.5. The smallest absolute Gasteiger partial charge is 0.240 e. The van der Waals surface area contributed by atoms with Gasteiger partial charge in [0.2, 0.25) is 5.91 Å². The number of nitrogens with two attached hydrogens (primary N) is 1. The molecule has 9 heteroatoms. The number of nitrogens with zero attached hydrogens (tertiary/aromatic N) is 5. The number of imidazole rings is 1. The second kappa shape index (κ2) is 8.68. The van der Waals surface area contributed by atoms with E-state index in [4.69, 9.17) is 22.3 Å². The van der Waals surface area contributed by atoms with E-state index in [-0.39, 0.29) is 18.3 Å². The van der Waals surface area contributed by atoms with Crippen molar-refractivity contribution in [3.05, 3.63) is 71.0 Å². The Balaban J connectivity index is 1.48. The van der Waals surface area contributed by atoms with Crippen LogP contribution in [0.5, 0.6) is 0 Å². The number of rotatable bonds is 7. The summed E-state index contributed by atoms with van der Waals surface area (Å²) in [5, 5.41) is 3.48. The molecular weight excluding hydrogens is 450 g/mol. The van der Waals surface area contributed by atoms with Crippen molar-refractivity contribution in [1.29, 1.82) is 0 Å². The van der Waals surface area contributed by atoms with E-state index in [1.54, 1.807) is 24.5 Å². The van der Waals surface area contributed by atoms with Crippen LogP contribution < -0.4 is 11.1 Å². The van der Waals surface area contributed by atoms with Gasteiger partial charge in [-0.2, -0.15) is 0 Å². The molecule has 1 fully saturated rings. The molecule has 0 saturated heterocycles. The third-order valence-electron chi connectivity index (χ3n) is 6.83. The van der Waals surface area contributed by atoms with Gasteiger partial charge in [0.1, 0.15) is 17.1 Å². The fourth-order valence-electron chi connectivity index (χ4n) is 4.63. The topological polar surface area (TPSA) is 111 Å². The first kappa shape index (κ1) is 22.3. The zero-order valence-electron chi connectivity index (χ0n) is 19.0. The Kier molecular flexibility index (Phi) is 5.69. The fraction of sp³-hybridized carbons (Fsp3) is 0.320. The number of halogens is 1. The van der Waals surface area contributed by atoms with Crippen LogP contribution in [0.25, 0.3) is 6.20 Å². The van der Waals surface area contributed by atoms with Gasteiger partial charge in [0.15, 0.2) is 11.6 Å². The second-order valence-electron chi connectivity index (χ2n) is 8.94. The van der Waals surface area contributed by atoms with Gasteiger partial charge in [-0.05, 0) is 37.0 Å². The Bertz CT molecular complexity index is 1290. The number of benzene rings is 1. The van der Waals surface area contributed by atoms with E-state index in [9.17, 15) is 4.79 Å². The van der Waals surface area contributed by atoms with Crippen molar-refractivity contribution in [2.45, 2.75) is 44.6 Å². The van der Waals surface area contributed by atoms with Gasteiger partial charge in [0.05, 0.1) is 17.8 Å². The summed E-state index contributed by atoms with van der Waals surface area (Å²) in [6.45, 7) is 5.91. The molecule has 1 atom stereocenters. The number of fused-ring (bicyclic) bond motifs is 1. The van der Waals surface area contributed by atoms with Crippen molar-refractivity contribution in [2.24, 2.45) is 10.9 Å². The number of hydrogen-bond donors (Lipinski definition) is 2. The number of aromatic nitrogens is 4. The van der Waals surface area contributed by atoms with Crippen LogP contribution in [0.1, 0.15) is 55.4 Å². The van der Waals surface area contributed by atoms with Gasteiger partial charge in [-0.25, -0.2) is 15.0 Å². The Hall–Kier alpha value is -3.52. The zero-order chi connectivity index (χ0) is 23.9. The van der Waals surface area contributed by atoms with Crippen molar-refractivity contribution >= 4 is 41.1 Å². The third kappa shape index (κ3) is 3.77. The highest BCUT2D eigenvalue weighted by molar-refractivity contribution is 6.30. The molecule has 0 radical (unpaired) electrons. The lowest BCUT2D eigenvalue weighted by molar-refractivity contribution is -0.119. The van der Waals surface area contributed by atoms with E-state index in [1.165, 1.54) is 19.3 Å². The summed E-state index contributed by atoms with van der Waals surface area (Å²) >= 11 is 6.04. The third-order valence-corrected chi connectivity index (χ3v) is 7.08. The van der Waals surface area contributed by atoms with Gasteiger partial charge in [-0.1, -0.05) is 49.6 Å². The van der Waals surface area contributed by atoms with E-state index in [0.29, 0.717) is 28.1 Å². The Morgan fingerprint density at radius 2 is 2.12 bits per heavy atom. The van der Waals surface area contributed by atoms with Crippen LogP contribution in [0.15, 0.2) is 48.2 Å². The van der Waals surface area contributed by atoms with E-state index in [2.05, 4.69) is 26.8 Å². The lowest BCUT2D eigenvalue weighted by Gasteiger charge is -2.25. The number of nitrogens with one attached hydrogen (secondary N) is 1. The van der Waals surface area contributed by atoms with Gasteiger partial charge < -0.3 is 15.6 Å². The lowest BCUT2D eigenvalue weighted by atomic mass is 9.78. The van der Waals surface area contributed by atoms with Crippen LogP contribution in [-0.4, -0.2) is 31.1 Å². The second-order valence-corrected chi connectivity index (χ2v) is 9.38. The van der Waals surface area contributed by atoms with E-state index in [1.807, 2.05) is 29.8 Å². The molecule has 8 nitrogen and oxygen atoms in total. The summed E-state index contributed by atoms with van der Waals surface area (Å²) in [7, 11) is 0. The molecule has 2 aromatic heterocycles. The van der Waals surface area contributed by atoms with Crippen LogP contribution in [0.3, 0.4) is 0 Å². The van der Waals surface area contributed by atoms with Crippen LogP contribution in [0.4, 0.5) is 11.6 Å². The molecule has 3 N–H and O–H groups in total. The molecule has 1 aliphatic carbocycles. The number of hydrogen-bond acceptors (Lipinski definition) is 6. The molecule has 1 aliphatic heterocycles. The number of aliphatic imine (C=N–C) groups is 1. The molecule has 34 heavy (non-hydrogen) atoms. The first-order valence-corrected chi connectivity index (χ1v) is 11.7. The minimum absolute atomic E-state index is 0.204. The van der Waals surface area contributed by atoms with Gasteiger partial charge >= 0.3 is 0 Å². The standard InChI is InChI=1S/C25H26ClN7O/c1-3-33-12-11-28-23(33)18(13-15-5-4-6-15)29-14-19-30-21(27)20-22(31-19)32-24(34)25(20,2)16-7-9-17(26)10-8-16/h3,7-12,15H,1,4-6,13-14H2,2H3,(H3,27,30,31,32,34). The van der Waals surface area contributed by atoms with Crippen LogP contribution in [0, 0.1) is 5.92 Å². The predicted octanol–water partition coefficient (Wildman–Crippen LogP) is 4.45. The van der Waals surface area contributed by atoms with Gasteiger partial charge in [0.25, 0.3) is 0 Å². The maximum Gasteiger partial charge on any atom is 0.240 e. The molecular formula is C25H26ClN7O. The van der Waals surface area contributed by atoms with Crippen LogP contribution in [0.2, 0.25) is 5.02 Å². The Morgan fingerprint density at radius 3 is 2.79 bits per heavy atom. The highest BCUT2D eigenvalue weighted by atomic mass is 35.5. The normalized spacial score (nSPS) is 20.1. The van der Waals surface area contributed by atoms with E-state index >= 15 is 0 Å². The highest BCUT2D eigenvalue weighted by Crippen LogP contribution is 2.44. The summed E-state index contributed by atoms with van der Waals surface area (Å²) in [5.74, 6) is 2.32. The fourth-order valence-corrected chi connectivity index (χ4v) is 4.76. The first-order chi connectivity index (χ1) is 16.4. The first-order valence-electron chi connectivity index (χ1n) is 11.3. The monoisotopic (exact) mass is 475 g/mol. The molecule has 3 aromatic rings. The summed E-state index contributed by atoms with van der Waals surface area (Å²) < 4.78 is 1.87. The molecule has 1 amide bonds. The highest BCUT2D eigenvalue weighted by Gasteiger charge is 2.47. The van der Waals surface area contributed by atoms with Crippen molar-refractivity contribution < 1.29 is 4.79 Å². The molecule has 3 heterocycles. The quantitative estimate of drug-likeness (QED) is 0.490. The van der Waals surface area contributed by atoms with E-state index in [0.717, 1.165) is 23.5 Å². The number of amides is 1.